The lowest BCUT2D eigenvalue weighted by molar-refractivity contribution is 0.170. The number of nitrogens with one attached hydrogen (secondary N) is 2. The molecule has 6 heteroatoms. The van der Waals surface area contributed by atoms with Gasteiger partial charge < -0.3 is 19.7 Å². The summed E-state index contributed by atoms with van der Waals surface area (Å²) in [5.41, 5.74) is 6.92. The van der Waals surface area contributed by atoms with Crippen LogP contribution in [0.3, 0.4) is 0 Å². The fourth-order valence-electron chi connectivity index (χ4n) is 2.73. The van der Waals surface area contributed by atoms with E-state index in [0.717, 1.165) is 5.75 Å². The van der Waals surface area contributed by atoms with Gasteiger partial charge in [0.05, 0.1) is 19.2 Å². The Hall–Kier alpha value is -2.44. The van der Waals surface area contributed by atoms with Crippen LogP contribution in [0.15, 0.2) is 42.5 Å². The summed E-state index contributed by atoms with van der Waals surface area (Å²) in [5, 5.41) is 19.6. The summed E-state index contributed by atoms with van der Waals surface area (Å²) in [6.45, 7) is 2.00. The minimum absolute atomic E-state index is 0.0236. The highest BCUT2D eigenvalue weighted by molar-refractivity contribution is 5.42. The minimum Gasteiger partial charge on any atom is -0.508 e. The highest BCUT2D eigenvalue weighted by Gasteiger charge is 2.37. The third kappa shape index (κ3) is 3.18. The molecule has 3 rings (SSSR count). The van der Waals surface area contributed by atoms with Crippen molar-refractivity contribution in [3.8, 4) is 23.0 Å². The topological polar surface area (TPSA) is 83.0 Å². The number of phenolic OH excluding ortho intramolecular Hbond substituents is 2. The molecule has 3 atom stereocenters. The van der Waals surface area contributed by atoms with Gasteiger partial charge in [-0.1, -0.05) is 6.07 Å². The maximum absolute atomic E-state index is 10.1. The zero-order valence-electron chi connectivity index (χ0n) is 13.0. The van der Waals surface area contributed by atoms with Crippen molar-refractivity contribution in [1.82, 2.24) is 10.9 Å². The second-order valence-electron chi connectivity index (χ2n) is 5.56. The molecule has 0 aliphatic carbocycles. The number of benzene rings is 2. The molecule has 0 saturated carbocycles. The maximum Gasteiger partial charge on any atom is 0.136 e. The molecule has 2 aromatic carbocycles. The average Bonchev–Trinajstić information content (AvgIpc) is 2.89. The molecule has 3 unspecified atom stereocenters. The quantitative estimate of drug-likeness (QED) is 0.691. The van der Waals surface area contributed by atoms with Crippen LogP contribution in [0, 0.1) is 0 Å². The largest absolute Gasteiger partial charge is 0.508 e. The standard InChI is InChI=1S/C17H20N2O4/c1-10-17(23-13-5-3-4-12(9-13)22-2)16(19-18-10)14-7-6-11(20)8-15(14)21/h3-10,16-21H,1-2H3. The van der Waals surface area contributed by atoms with Gasteiger partial charge in [0, 0.05) is 17.7 Å². The van der Waals surface area contributed by atoms with Crippen LogP contribution >= 0.6 is 0 Å². The van der Waals surface area contributed by atoms with E-state index in [1.54, 1.807) is 19.2 Å². The summed E-state index contributed by atoms with van der Waals surface area (Å²) in [5.74, 6) is 1.46. The number of hydrogen-bond acceptors (Lipinski definition) is 6. The van der Waals surface area contributed by atoms with Crippen molar-refractivity contribution in [3.63, 3.8) is 0 Å². The third-order valence-electron chi connectivity index (χ3n) is 3.95. The Morgan fingerprint density at radius 1 is 1.00 bits per heavy atom. The first-order valence-electron chi connectivity index (χ1n) is 7.42. The third-order valence-corrected chi connectivity index (χ3v) is 3.95. The van der Waals surface area contributed by atoms with Gasteiger partial charge in [0.15, 0.2) is 0 Å². The molecule has 23 heavy (non-hydrogen) atoms. The van der Waals surface area contributed by atoms with Crippen molar-refractivity contribution in [2.75, 3.05) is 7.11 Å². The molecule has 0 aromatic heterocycles. The average molecular weight is 316 g/mol. The first kappa shape index (κ1) is 15.5. The summed E-state index contributed by atoms with van der Waals surface area (Å²) in [6, 6.07) is 11.7. The second-order valence-corrected chi connectivity index (χ2v) is 5.56. The van der Waals surface area contributed by atoms with E-state index >= 15 is 0 Å². The van der Waals surface area contributed by atoms with Gasteiger partial charge in [0.2, 0.25) is 0 Å². The molecule has 6 nitrogen and oxygen atoms in total. The van der Waals surface area contributed by atoms with Gasteiger partial charge in [-0.25, -0.2) is 5.43 Å². The van der Waals surface area contributed by atoms with Gasteiger partial charge in [-0.05, 0) is 31.2 Å². The number of methoxy groups -OCH3 is 1. The van der Waals surface area contributed by atoms with Crippen molar-refractivity contribution in [2.24, 2.45) is 0 Å². The van der Waals surface area contributed by atoms with E-state index in [9.17, 15) is 10.2 Å². The van der Waals surface area contributed by atoms with Gasteiger partial charge in [-0.3, -0.25) is 5.43 Å². The Morgan fingerprint density at radius 3 is 2.52 bits per heavy atom. The molecule has 122 valence electrons. The molecular weight excluding hydrogens is 296 g/mol. The Kier molecular flexibility index (Phi) is 4.27. The zero-order valence-corrected chi connectivity index (χ0v) is 13.0. The van der Waals surface area contributed by atoms with Crippen molar-refractivity contribution < 1.29 is 19.7 Å². The van der Waals surface area contributed by atoms with Crippen molar-refractivity contribution in [3.05, 3.63) is 48.0 Å². The number of hydrogen-bond donors (Lipinski definition) is 4. The number of rotatable bonds is 4. The van der Waals surface area contributed by atoms with E-state index in [1.807, 2.05) is 31.2 Å². The smallest absolute Gasteiger partial charge is 0.136 e. The van der Waals surface area contributed by atoms with Crippen LogP contribution in [-0.2, 0) is 0 Å². The Labute approximate surface area is 134 Å². The molecule has 2 aromatic rings. The molecule has 0 bridgehead atoms. The van der Waals surface area contributed by atoms with Crippen molar-refractivity contribution in [1.29, 1.82) is 0 Å². The maximum atomic E-state index is 10.1. The van der Waals surface area contributed by atoms with Gasteiger partial charge in [-0.2, -0.15) is 0 Å². The van der Waals surface area contributed by atoms with Crippen molar-refractivity contribution >= 4 is 0 Å². The van der Waals surface area contributed by atoms with Gasteiger partial charge in [0.25, 0.3) is 0 Å². The van der Waals surface area contributed by atoms with Crippen LogP contribution < -0.4 is 20.3 Å². The van der Waals surface area contributed by atoms with E-state index in [0.29, 0.717) is 11.3 Å². The second kappa shape index (κ2) is 6.36. The molecule has 0 amide bonds. The highest BCUT2D eigenvalue weighted by atomic mass is 16.5. The Morgan fingerprint density at radius 2 is 1.78 bits per heavy atom. The lowest BCUT2D eigenvalue weighted by atomic mass is 9.98. The molecule has 1 aliphatic heterocycles. The predicted molar refractivity (Wildman–Crippen MR) is 85.7 cm³/mol. The Bertz CT molecular complexity index is 692. The molecule has 1 heterocycles. The van der Waals surface area contributed by atoms with Crippen LogP contribution in [-0.4, -0.2) is 29.5 Å². The summed E-state index contributed by atoms with van der Waals surface area (Å²) < 4.78 is 11.3. The number of aromatic hydroxyl groups is 2. The fraction of sp³-hybridized carbons (Fsp3) is 0.294. The van der Waals surface area contributed by atoms with E-state index < -0.39 is 0 Å². The molecule has 0 radical (unpaired) electrons. The van der Waals surface area contributed by atoms with E-state index in [2.05, 4.69) is 10.9 Å². The Balaban J connectivity index is 1.86. The van der Waals surface area contributed by atoms with Crippen LogP contribution in [0.2, 0.25) is 0 Å². The normalized spacial score (nSPS) is 23.7. The zero-order chi connectivity index (χ0) is 16.4. The van der Waals surface area contributed by atoms with E-state index in [1.165, 1.54) is 6.07 Å². The SMILES string of the molecule is COc1cccc(OC2C(C)NNC2c2ccc(O)cc2O)c1. The molecule has 0 spiro atoms. The van der Waals surface area contributed by atoms with Gasteiger partial charge >= 0.3 is 0 Å². The first-order chi connectivity index (χ1) is 11.1. The minimum atomic E-state index is -0.253. The molecular formula is C17H20N2O4. The summed E-state index contributed by atoms with van der Waals surface area (Å²) in [6.07, 6.45) is -0.238. The molecule has 4 N–H and O–H groups in total. The molecule has 1 aliphatic rings. The first-order valence-corrected chi connectivity index (χ1v) is 7.42. The summed E-state index contributed by atoms with van der Waals surface area (Å²) >= 11 is 0. The van der Waals surface area contributed by atoms with Crippen LogP contribution in [0.5, 0.6) is 23.0 Å². The number of phenols is 2. The molecule has 1 saturated heterocycles. The number of ether oxygens (including phenoxy) is 2. The van der Waals surface area contributed by atoms with Crippen LogP contribution in [0.25, 0.3) is 0 Å². The summed E-state index contributed by atoms with van der Waals surface area (Å²) in [7, 11) is 1.61. The van der Waals surface area contributed by atoms with E-state index in [-0.39, 0.29) is 29.7 Å². The fourth-order valence-corrected chi connectivity index (χ4v) is 2.73. The summed E-state index contributed by atoms with van der Waals surface area (Å²) in [4.78, 5) is 0. The number of hydrazine groups is 1. The van der Waals surface area contributed by atoms with E-state index in [4.69, 9.17) is 9.47 Å². The van der Waals surface area contributed by atoms with Gasteiger partial charge in [-0.15, -0.1) is 0 Å². The van der Waals surface area contributed by atoms with Crippen molar-refractivity contribution in [2.45, 2.75) is 25.1 Å². The van der Waals surface area contributed by atoms with Crippen LogP contribution in [0.1, 0.15) is 18.5 Å². The predicted octanol–water partition coefficient (Wildman–Crippen LogP) is 2.09. The lowest BCUT2D eigenvalue weighted by Crippen LogP contribution is -2.33. The lowest BCUT2D eigenvalue weighted by Gasteiger charge is -2.23. The van der Waals surface area contributed by atoms with Crippen LogP contribution in [0.4, 0.5) is 0 Å². The monoisotopic (exact) mass is 316 g/mol. The molecule has 1 fully saturated rings. The highest BCUT2D eigenvalue weighted by Crippen LogP contribution is 2.34. The van der Waals surface area contributed by atoms with Gasteiger partial charge in [0.1, 0.15) is 29.1 Å².